The molecule has 0 spiro atoms. The van der Waals surface area contributed by atoms with Gasteiger partial charge in [0, 0.05) is 37.3 Å². The van der Waals surface area contributed by atoms with E-state index in [0.29, 0.717) is 31.4 Å². The Kier molecular flexibility index (Phi) is 5.27. The largest absolute Gasteiger partial charge is 0.340 e. The normalized spacial score (nSPS) is 19.5. The van der Waals surface area contributed by atoms with Crippen molar-refractivity contribution in [3.05, 3.63) is 36.0 Å². The van der Waals surface area contributed by atoms with Crippen LogP contribution in [-0.2, 0) is 14.8 Å². The predicted octanol–water partition coefficient (Wildman–Crippen LogP) is 1.11. The highest BCUT2D eigenvalue weighted by molar-refractivity contribution is 7.89. The first kappa shape index (κ1) is 18.8. The Hall–Kier alpha value is -2.03. The van der Waals surface area contributed by atoms with Crippen molar-refractivity contribution < 1.29 is 13.2 Å². The average Bonchev–Trinajstić information content (AvgIpc) is 2.83. The number of aryl methyl sites for hydroxylation is 1. The Morgan fingerprint density at radius 1 is 1.27 bits per heavy atom. The Balaban J connectivity index is 2.01. The number of fused-ring (bicyclic) bond motifs is 1. The summed E-state index contributed by atoms with van der Waals surface area (Å²) in [5.41, 5.74) is 6.39. The van der Waals surface area contributed by atoms with Gasteiger partial charge >= 0.3 is 0 Å². The summed E-state index contributed by atoms with van der Waals surface area (Å²) >= 11 is 0. The van der Waals surface area contributed by atoms with E-state index in [0.717, 1.165) is 10.9 Å². The molecule has 140 valence electrons. The lowest BCUT2D eigenvalue weighted by atomic mass is 10.1. The number of hydrogen-bond acceptors (Lipinski definition) is 5. The van der Waals surface area contributed by atoms with E-state index in [1.165, 1.54) is 4.31 Å². The van der Waals surface area contributed by atoms with Crippen molar-refractivity contribution in [1.29, 1.82) is 0 Å². The lowest BCUT2D eigenvalue weighted by Crippen LogP contribution is -2.45. The van der Waals surface area contributed by atoms with Crippen LogP contribution in [0.15, 0.2) is 35.5 Å². The van der Waals surface area contributed by atoms with Crippen LogP contribution in [0, 0.1) is 6.92 Å². The molecule has 1 aromatic heterocycles. The van der Waals surface area contributed by atoms with E-state index >= 15 is 0 Å². The van der Waals surface area contributed by atoms with E-state index in [1.807, 2.05) is 32.0 Å². The van der Waals surface area contributed by atoms with Gasteiger partial charge in [-0.25, -0.2) is 13.4 Å². The van der Waals surface area contributed by atoms with E-state index in [1.54, 1.807) is 17.2 Å². The lowest BCUT2D eigenvalue weighted by molar-refractivity contribution is -0.129. The summed E-state index contributed by atoms with van der Waals surface area (Å²) in [6, 6.07) is 7.04. The summed E-state index contributed by atoms with van der Waals surface area (Å²) < 4.78 is 28.2. The van der Waals surface area contributed by atoms with Gasteiger partial charge in [-0.3, -0.25) is 4.79 Å². The molecule has 7 nitrogen and oxygen atoms in total. The number of rotatable bonds is 3. The van der Waals surface area contributed by atoms with Gasteiger partial charge < -0.3 is 10.6 Å². The molecule has 3 rings (SSSR count). The van der Waals surface area contributed by atoms with Gasteiger partial charge in [-0.05, 0) is 31.2 Å². The molecule has 1 atom stereocenters. The van der Waals surface area contributed by atoms with Crippen LogP contribution < -0.4 is 5.73 Å². The second kappa shape index (κ2) is 7.30. The Bertz CT molecular complexity index is 929. The van der Waals surface area contributed by atoms with Crippen molar-refractivity contribution in [2.45, 2.75) is 31.3 Å². The first-order valence-corrected chi connectivity index (χ1v) is 10.1. The lowest BCUT2D eigenvalue weighted by Gasteiger charge is -2.28. The fourth-order valence-electron chi connectivity index (χ4n) is 3.48. The number of aromatic nitrogens is 1. The van der Waals surface area contributed by atoms with Crippen molar-refractivity contribution in [1.82, 2.24) is 14.2 Å². The number of sulfonamides is 1. The zero-order valence-corrected chi connectivity index (χ0v) is 15.9. The number of carbonyl (C=O) groups excluding carboxylic acids is 1. The smallest absolute Gasteiger partial charge is 0.261 e. The maximum absolute atomic E-state index is 13.4. The number of pyridine rings is 1. The fourth-order valence-corrected chi connectivity index (χ4v) is 5.25. The SMILES string of the molecule is Cc1cnc(S(=O)(=O)N2CCCN(C(=O)CN)CC2C)c2ccccc12. The quantitative estimate of drug-likeness (QED) is 0.866. The molecule has 0 saturated carbocycles. The van der Waals surface area contributed by atoms with Gasteiger partial charge in [0.1, 0.15) is 0 Å². The molecule has 1 aromatic carbocycles. The number of amides is 1. The van der Waals surface area contributed by atoms with Gasteiger partial charge in [-0.1, -0.05) is 24.3 Å². The standard InChI is InChI=1S/C18H24N4O3S/c1-13-11-20-18(16-7-4-3-6-15(13)16)26(24,25)22-9-5-8-21(12-14(22)2)17(23)10-19/h3-4,6-7,11,14H,5,8-10,12,19H2,1-2H3. The average molecular weight is 376 g/mol. The Labute approximate surface area is 153 Å². The fraction of sp³-hybridized carbons (Fsp3) is 0.444. The topological polar surface area (TPSA) is 96.6 Å². The third kappa shape index (κ3) is 3.32. The van der Waals surface area contributed by atoms with Crippen LogP contribution in [0.1, 0.15) is 18.9 Å². The highest BCUT2D eigenvalue weighted by atomic mass is 32.2. The van der Waals surface area contributed by atoms with E-state index in [2.05, 4.69) is 4.98 Å². The number of benzene rings is 1. The minimum atomic E-state index is -3.78. The van der Waals surface area contributed by atoms with Crippen LogP contribution in [-0.4, -0.2) is 60.7 Å². The van der Waals surface area contributed by atoms with Crippen LogP contribution in [0.5, 0.6) is 0 Å². The molecule has 1 unspecified atom stereocenters. The minimum absolute atomic E-state index is 0.0658. The van der Waals surface area contributed by atoms with Crippen molar-refractivity contribution in [3.8, 4) is 0 Å². The van der Waals surface area contributed by atoms with Crippen LogP contribution >= 0.6 is 0 Å². The van der Waals surface area contributed by atoms with Gasteiger partial charge in [-0.2, -0.15) is 4.31 Å². The monoisotopic (exact) mass is 376 g/mol. The molecule has 1 saturated heterocycles. The highest BCUT2D eigenvalue weighted by Crippen LogP contribution is 2.28. The Morgan fingerprint density at radius 2 is 1.96 bits per heavy atom. The summed E-state index contributed by atoms with van der Waals surface area (Å²) in [6.45, 7) is 4.85. The number of nitrogens with zero attached hydrogens (tertiary/aromatic N) is 3. The summed E-state index contributed by atoms with van der Waals surface area (Å²) in [7, 11) is -3.78. The van der Waals surface area contributed by atoms with Crippen molar-refractivity contribution in [3.63, 3.8) is 0 Å². The molecule has 0 radical (unpaired) electrons. The van der Waals surface area contributed by atoms with Gasteiger partial charge in [-0.15, -0.1) is 0 Å². The van der Waals surface area contributed by atoms with Crippen LogP contribution in [0.3, 0.4) is 0 Å². The van der Waals surface area contributed by atoms with Gasteiger partial charge in [0.25, 0.3) is 10.0 Å². The van der Waals surface area contributed by atoms with Crippen LogP contribution in [0.2, 0.25) is 0 Å². The van der Waals surface area contributed by atoms with E-state index in [4.69, 9.17) is 5.73 Å². The molecule has 8 heteroatoms. The van der Waals surface area contributed by atoms with Crippen molar-refractivity contribution in [2.75, 3.05) is 26.2 Å². The molecule has 0 bridgehead atoms. The summed E-state index contributed by atoms with van der Waals surface area (Å²) in [4.78, 5) is 17.8. The van der Waals surface area contributed by atoms with E-state index in [9.17, 15) is 13.2 Å². The van der Waals surface area contributed by atoms with Gasteiger partial charge in [0.15, 0.2) is 5.03 Å². The number of nitrogens with two attached hydrogens (primary N) is 1. The zero-order valence-electron chi connectivity index (χ0n) is 15.1. The van der Waals surface area contributed by atoms with E-state index < -0.39 is 10.0 Å². The molecule has 1 aliphatic heterocycles. The number of carbonyl (C=O) groups is 1. The second-order valence-electron chi connectivity index (χ2n) is 6.65. The first-order chi connectivity index (χ1) is 12.4. The van der Waals surface area contributed by atoms with Crippen LogP contribution in [0.25, 0.3) is 10.8 Å². The molecule has 2 aromatic rings. The highest BCUT2D eigenvalue weighted by Gasteiger charge is 2.34. The maximum atomic E-state index is 13.4. The first-order valence-electron chi connectivity index (χ1n) is 8.70. The third-order valence-corrected chi connectivity index (χ3v) is 6.79. The number of hydrogen-bond donors (Lipinski definition) is 1. The molecule has 0 aliphatic carbocycles. The summed E-state index contributed by atoms with van der Waals surface area (Å²) in [5.74, 6) is -0.157. The molecular formula is C18H24N4O3S. The molecule has 2 heterocycles. The van der Waals surface area contributed by atoms with Crippen molar-refractivity contribution >= 4 is 26.7 Å². The molecule has 1 fully saturated rings. The van der Waals surface area contributed by atoms with Crippen LogP contribution in [0.4, 0.5) is 0 Å². The minimum Gasteiger partial charge on any atom is -0.340 e. The summed E-state index contributed by atoms with van der Waals surface area (Å²) in [6.07, 6.45) is 2.17. The summed E-state index contributed by atoms with van der Waals surface area (Å²) in [5, 5.41) is 1.58. The molecule has 1 aliphatic rings. The second-order valence-corrected chi connectivity index (χ2v) is 8.46. The molecule has 1 amide bonds. The maximum Gasteiger partial charge on any atom is 0.261 e. The molecule has 26 heavy (non-hydrogen) atoms. The zero-order chi connectivity index (χ0) is 18.9. The predicted molar refractivity (Wildman–Crippen MR) is 100 cm³/mol. The molecular weight excluding hydrogens is 352 g/mol. The Morgan fingerprint density at radius 3 is 2.65 bits per heavy atom. The third-order valence-electron chi connectivity index (χ3n) is 4.82. The van der Waals surface area contributed by atoms with Gasteiger partial charge in [0.2, 0.25) is 5.91 Å². The van der Waals surface area contributed by atoms with E-state index in [-0.39, 0.29) is 23.5 Å². The molecule has 2 N–H and O–H groups in total. The van der Waals surface area contributed by atoms with Gasteiger partial charge in [0.05, 0.1) is 6.54 Å². The van der Waals surface area contributed by atoms with Crippen molar-refractivity contribution in [2.24, 2.45) is 5.73 Å².